The van der Waals surface area contributed by atoms with Crippen LogP contribution in [0, 0.1) is 27.7 Å². The van der Waals surface area contributed by atoms with Crippen molar-refractivity contribution in [2.45, 2.75) is 27.7 Å². The number of amides is 2. The van der Waals surface area contributed by atoms with Crippen molar-refractivity contribution >= 4 is 28.8 Å². The Bertz CT molecular complexity index is 1370. The lowest BCUT2D eigenvalue weighted by Crippen LogP contribution is -2.33. The van der Waals surface area contributed by atoms with Gasteiger partial charge in [0.2, 0.25) is 0 Å². The van der Waals surface area contributed by atoms with Crippen molar-refractivity contribution in [3.8, 4) is 11.5 Å². The molecule has 0 bridgehead atoms. The fourth-order valence-corrected chi connectivity index (χ4v) is 4.35. The van der Waals surface area contributed by atoms with E-state index < -0.39 is 0 Å². The molecule has 0 saturated carbocycles. The standard InChI is InChI=1S/C28H26N2O4/c1-16-5-9-22(19(4)13-16)30-27(31)25(20-7-6-17(2)18(3)14-20)26(28(30)32)29-21-8-10-23-24(15-21)34-12-11-33-23/h5-10,13-15,29H,11-12H2,1-4H3. The second-order valence-corrected chi connectivity index (χ2v) is 8.77. The van der Waals surface area contributed by atoms with Crippen molar-refractivity contribution in [3.05, 3.63) is 88.1 Å². The number of aryl methyl sites for hydroxylation is 4. The number of carbonyl (C=O) groups excluding carboxylic acids is 2. The van der Waals surface area contributed by atoms with Gasteiger partial charge in [0.05, 0.1) is 11.3 Å². The third-order valence-corrected chi connectivity index (χ3v) is 6.28. The zero-order chi connectivity index (χ0) is 24.0. The van der Waals surface area contributed by atoms with Crippen molar-refractivity contribution in [3.63, 3.8) is 0 Å². The number of carbonyl (C=O) groups is 2. The van der Waals surface area contributed by atoms with E-state index in [4.69, 9.17) is 9.47 Å². The van der Waals surface area contributed by atoms with Crippen LogP contribution >= 0.6 is 0 Å². The lowest BCUT2D eigenvalue weighted by atomic mass is 9.99. The summed E-state index contributed by atoms with van der Waals surface area (Å²) in [5.41, 5.74) is 6.62. The van der Waals surface area contributed by atoms with Crippen molar-refractivity contribution in [1.29, 1.82) is 0 Å². The van der Waals surface area contributed by atoms with E-state index in [1.54, 1.807) is 12.1 Å². The van der Waals surface area contributed by atoms with E-state index in [-0.39, 0.29) is 17.5 Å². The number of fused-ring (bicyclic) bond motifs is 1. The monoisotopic (exact) mass is 454 g/mol. The molecule has 0 radical (unpaired) electrons. The van der Waals surface area contributed by atoms with Crippen LogP contribution in [0.25, 0.3) is 5.57 Å². The highest BCUT2D eigenvalue weighted by Crippen LogP contribution is 2.38. The molecule has 6 heteroatoms. The molecule has 0 unspecified atom stereocenters. The molecule has 34 heavy (non-hydrogen) atoms. The number of anilines is 2. The first-order valence-electron chi connectivity index (χ1n) is 11.3. The van der Waals surface area contributed by atoms with Gasteiger partial charge in [0.15, 0.2) is 11.5 Å². The molecule has 0 fully saturated rings. The fourth-order valence-electron chi connectivity index (χ4n) is 4.35. The molecule has 2 aliphatic heterocycles. The van der Waals surface area contributed by atoms with E-state index in [0.717, 1.165) is 22.3 Å². The lowest BCUT2D eigenvalue weighted by molar-refractivity contribution is -0.120. The Morgan fingerprint density at radius 3 is 2.24 bits per heavy atom. The fraction of sp³-hybridized carbons (Fsp3) is 0.214. The van der Waals surface area contributed by atoms with Gasteiger partial charge >= 0.3 is 0 Å². The molecule has 0 atom stereocenters. The maximum atomic E-state index is 13.7. The highest BCUT2D eigenvalue weighted by molar-refractivity contribution is 6.46. The molecule has 3 aromatic carbocycles. The average Bonchev–Trinajstić information content (AvgIpc) is 3.05. The molecular formula is C28H26N2O4. The quantitative estimate of drug-likeness (QED) is 0.557. The summed E-state index contributed by atoms with van der Waals surface area (Å²) in [6.45, 7) is 8.87. The third-order valence-electron chi connectivity index (χ3n) is 6.28. The van der Waals surface area contributed by atoms with Gasteiger partial charge in [0.25, 0.3) is 11.8 Å². The van der Waals surface area contributed by atoms with E-state index in [1.165, 1.54) is 4.90 Å². The Balaban J connectivity index is 1.62. The predicted octanol–water partition coefficient (Wildman–Crippen LogP) is 5.09. The number of rotatable bonds is 4. The normalized spacial score (nSPS) is 15.2. The summed E-state index contributed by atoms with van der Waals surface area (Å²) < 4.78 is 11.3. The minimum atomic E-state index is -0.389. The van der Waals surface area contributed by atoms with Crippen LogP contribution in [0.2, 0.25) is 0 Å². The highest BCUT2D eigenvalue weighted by atomic mass is 16.6. The molecule has 2 heterocycles. The molecule has 1 N–H and O–H groups in total. The molecule has 5 rings (SSSR count). The molecule has 0 spiro atoms. The Morgan fingerprint density at radius 2 is 1.50 bits per heavy atom. The molecule has 2 aliphatic rings. The second-order valence-electron chi connectivity index (χ2n) is 8.77. The first kappa shape index (κ1) is 21.8. The third kappa shape index (κ3) is 3.71. The summed E-state index contributed by atoms with van der Waals surface area (Å²) in [5.74, 6) is 0.527. The van der Waals surface area contributed by atoms with Crippen LogP contribution in [-0.4, -0.2) is 25.0 Å². The van der Waals surface area contributed by atoms with Gasteiger partial charge in [-0.05, 0) is 68.1 Å². The summed E-state index contributed by atoms with van der Waals surface area (Å²) in [7, 11) is 0. The van der Waals surface area contributed by atoms with Gasteiger partial charge in [0.1, 0.15) is 18.9 Å². The SMILES string of the molecule is Cc1ccc(N2C(=O)C(Nc3ccc4c(c3)OCCO4)=C(c3ccc(C)c(C)c3)C2=O)c(C)c1. The van der Waals surface area contributed by atoms with Gasteiger partial charge < -0.3 is 14.8 Å². The van der Waals surface area contributed by atoms with E-state index in [0.29, 0.717) is 47.2 Å². The summed E-state index contributed by atoms with van der Waals surface area (Å²) in [4.78, 5) is 28.7. The molecule has 172 valence electrons. The van der Waals surface area contributed by atoms with Crippen LogP contribution in [0.5, 0.6) is 11.5 Å². The van der Waals surface area contributed by atoms with Crippen molar-refractivity contribution in [2.75, 3.05) is 23.4 Å². The Morgan fingerprint density at radius 1 is 0.735 bits per heavy atom. The number of nitrogens with one attached hydrogen (secondary N) is 1. The topological polar surface area (TPSA) is 67.9 Å². The summed E-state index contributed by atoms with van der Waals surface area (Å²) >= 11 is 0. The minimum Gasteiger partial charge on any atom is -0.486 e. The molecule has 0 aliphatic carbocycles. The number of ether oxygens (including phenoxy) is 2. The zero-order valence-corrected chi connectivity index (χ0v) is 19.7. The first-order chi connectivity index (χ1) is 16.3. The maximum absolute atomic E-state index is 13.7. The van der Waals surface area contributed by atoms with E-state index in [9.17, 15) is 9.59 Å². The molecule has 0 aromatic heterocycles. The first-order valence-corrected chi connectivity index (χ1v) is 11.3. The smallest absolute Gasteiger partial charge is 0.282 e. The van der Waals surface area contributed by atoms with Crippen LogP contribution < -0.4 is 19.7 Å². The van der Waals surface area contributed by atoms with Crippen molar-refractivity contribution in [1.82, 2.24) is 0 Å². The second kappa shape index (κ2) is 8.37. The highest BCUT2D eigenvalue weighted by Gasteiger charge is 2.41. The van der Waals surface area contributed by atoms with Gasteiger partial charge in [-0.3, -0.25) is 9.59 Å². The Hall–Kier alpha value is -4.06. The Labute approximate surface area is 198 Å². The average molecular weight is 455 g/mol. The zero-order valence-electron chi connectivity index (χ0n) is 19.7. The van der Waals surface area contributed by atoms with E-state index in [1.807, 2.05) is 70.2 Å². The van der Waals surface area contributed by atoms with Gasteiger partial charge in [-0.25, -0.2) is 4.90 Å². The van der Waals surface area contributed by atoms with Crippen LogP contribution in [-0.2, 0) is 9.59 Å². The van der Waals surface area contributed by atoms with Crippen LogP contribution in [0.4, 0.5) is 11.4 Å². The van der Waals surface area contributed by atoms with E-state index >= 15 is 0 Å². The van der Waals surface area contributed by atoms with Gasteiger partial charge in [-0.1, -0.05) is 35.9 Å². The molecule has 6 nitrogen and oxygen atoms in total. The van der Waals surface area contributed by atoms with Crippen molar-refractivity contribution < 1.29 is 19.1 Å². The Kier molecular flexibility index (Phi) is 5.36. The van der Waals surface area contributed by atoms with Gasteiger partial charge in [-0.15, -0.1) is 0 Å². The molecular weight excluding hydrogens is 428 g/mol. The number of hydrogen-bond donors (Lipinski definition) is 1. The van der Waals surface area contributed by atoms with Gasteiger partial charge in [0, 0.05) is 11.8 Å². The predicted molar refractivity (Wildman–Crippen MR) is 132 cm³/mol. The summed E-state index contributed by atoms with van der Waals surface area (Å²) in [6, 6.07) is 16.9. The number of benzene rings is 3. The number of hydrogen-bond acceptors (Lipinski definition) is 5. The van der Waals surface area contributed by atoms with Crippen LogP contribution in [0.15, 0.2) is 60.3 Å². The molecule has 0 saturated heterocycles. The van der Waals surface area contributed by atoms with Gasteiger partial charge in [-0.2, -0.15) is 0 Å². The number of imide groups is 1. The van der Waals surface area contributed by atoms with E-state index in [2.05, 4.69) is 5.32 Å². The summed E-state index contributed by atoms with van der Waals surface area (Å²) in [5, 5.41) is 3.22. The minimum absolute atomic E-state index is 0.241. The maximum Gasteiger partial charge on any atom is 0.282 e. The van der Waals surface area contributed by atoms with Crippen LogP contribution in [0.1, 0.15) is 27.8 Å². The summed E-state index contributed by atoms with van der Waals surface area (Å²) in [6.07, 6.45) is 0. The number of nitrogens with zero attached hydrogens (tertiary/aromatic N) is 1. The molecule has 3 aromatic rings. The largest absolute Gasteiger partial charge is 0.486 e. The van der Waals surface area contributed by atoms with Crippen LogP contribution in [0.3, 0.4) is 0 Å². The van der Waals surface area contributed by atoms with Crippen molar-refractivity contribution in [2.24, 2.45) is 0 Å². The lowest BCUT2D eigenvalue weighted by Gasteiger charge is -2.20. The molecule has 2 amide bonds.